The number of hydrogen-bond acceptors (Lipinski definition) is 3. The number of carbonyl (C=O) groups excluding carboxylic acids is 1. The molecule has 4 nitrogen and oxygen atoms in total. The van der Waals surface area contributed by atoms with E-state index in [-0.39, 0.29) is 5.91 Å². The van der Waals surface area contributed by atoms with Crippen molar-refractivity contribution in [3.8, 4) is 0 Å². The second-order valence-electron chi connectivity index (χ2n) is 2.50. The molecular weight excluding hydrogens is 182 g/mol. The van der Waals surface area contributed by atoms with E-state index in [4.69, 9.17) is 9.47 Å². The molecule has 0 radical (unpaired) electrons. The van der Waals surface area contributed by atoms with E-state index >= 15 is 0 Å². The van der Waals surface area contributed by atoms with E-state index < -0.39 is 0 Å². The molecule has 1 amide bonds. The minimum absolute atomic E-state index is 0.169. The van der Waals surface area contributed by atoms with Gasteiger partial charge in [-0.2, -0.15) is 0 Å². The van der Waals surface area contributed by atoms with Crippen LogP contribution in [0.1, 0.15) is 6.92 Å². The smallest absolute Gasteiger partial charge is 0.221 e. The fraction of sp³-hybridized carbons (Fsp3) is 0.300. The Balaban J connectivity index is 4.35. The molecular formula is C10H15NO3. The number of hydrogen-bond donors (Lipinski definition) is 1. The quantitative estimate of drug-likeness (QED) is 0.534. The molecule has 0 aliphatic heterocycles. The van der Waals surface area contributed by atoms with Gasteiger partial charge >= 0.3 is 0 Å². The highest BCUT2D eigenvalue weighted by Crippen LogP contribution is 2.01. The number of amides is 1. The van der Waals surface area contributed by atoms with Crippen LogP contribution in [0.4, 0.5) is 0 Å². The molecule has 0 spiro atoms. The predicted octanol–water partition coefficient (Wildman–Crippen LogP) is 1.33. The SMILES string of the molecule is C=C(/C=C(\C=C\OC)OC)NC(C)=O. The first-order valence-electron chi connectivity index (χ1n) is 4.01. The third-order valence-electron chi connectivity index (χ3n) is 1.26. The fourth-order valence-electron chi connectivity index (χ4n) is 0.744. The highest BCUT2D eigenvalue weighted by atomic mass is 16.5. The summed E-state index contributed by atoms with van der Waals surface area (Å²) in [4.78, 5) is 10.7. The topological polar surface area (TPSA) is 47.6 Å². The number of methoxy groups -OCH3 is 2. The van der Waals surface area contributed by atoms with Gasteiger partial charge in [0.05, 0.1) is 20.5 Å². The molecule has 0 aromatic carbocycles. The van der Waals surface area contributed by atoms with Gasteiger partial charge in [-0.1, -0.05) is 6.58 Å². The summed E-state index contributed by atoms with van der Waals surface area (Å²) < 4.78 is 9.71. The Kier molecular flexibility index (Phi) is 5.94. The summed E-state index contributed by atoms with van der Waals surface area (Å²) in [7, 11) is 3.05. The average molecular weight is 197 g/mol. The van der Waals surface area contributed by atoms with E-state index in [1.807, 2.05) is 0 Å². The first-order valence-corrected chi connectivity index (χ1v) is 4.01. The minimum Gasteiger partial charge on any atom is -0.504 e. The molecule has 0 aromatic rings. The molecule has 0 aliphatic carbocycles. The van der Waals surface area contributed by atoms with Gasteiger partial charge in [-0.25, -0.2) is 0 Å². The van der Waals surface area contributed by atoms with E-state index in [1.54, 1.807) is 12.2 Å². The molecule has 1 N–H and O–H groups in total. The summed E-state index contributed by atoms with van der Waals surface area (Å²) >= 11 is 0. The molecule has 0 saturated heterocycles. The molecule has 0 fully saturated rings. The second-order valence-corrected chi connectivity index (χ2v) is 2.50. The van der Waals surface area contributed by atoms with Crippen LogP contribution >= 0.6 is 0 Å². The second kappa shape index (κ2) is 6.77. The highest BCUT2D eigenvalue weighted by molar-refractivity contribution is 5.75. The van der Waals surface area contributed by atoms with E-state index in [2.05, 4.69) is 11.9 Å². The van der Waals surface area contributed by atoms with Crippen LogP contribution in [0.5, 0.6) is 0 Å². The van der Waals surface area contributed by atoms with Crippen molar-refractivity contribution < 1.29 is 14.3 Å². The minimum atomic E-state index is -0.169. The Labute approximate surface area is 83.9 Å². The van der Waals surface area contributed by atoms with Crippen LogP contribution in [0, 0.1) is 0 Å². The van der Waals surface area contributed by atoms with Crippen LogP contribution in [0.15, 0.2) is 36.4 Å². The number of nitrogens with one attached hydrogen (secondary N) is 1. The van der Waals surface area contributed by atoms with Crippen LogP contribution < -0.4 is 5.32 Å². The van der Waals surface area contributed by atoms with Gasteiger partial charge in [-0.3, -0.25) is 4.79 Å². The summed E-state index contributed by atoms with van der Waals surface area (Å²) in [5.74, 6) is 0.378. The summed E-state index contributed by atoms with van der Waals surface area (Å²) in [6, 6.07) is 0. The summed E-state index contributed by atoms with van der Waals surface area (Å²) in [5.41, 5.74) is 0.468. The van der Waals surface area contributed by atoms with Crippen molar-refractivity contribution in [1.29, 1.82) is 0 Å². The maximum absolute atomic E-state index is 10.7. The lowest BCUT2D eigenvalue weighted by molar-refractivity contribution is -0.118. The Bertz CT molecular complexity index is 267. The van der Waals surface area contributed by atoms with Crippen molar-refractivity contribution in [1.82, 2.24) is 5.32 Å². The van der Waals surface area contributed by atoms with Crippen LogP contribution in [0.3, 0.4) is 0 Å². The van der Waals surface area contributed by atoms with Crippen molar-refractivity contribution in [2.75, 3.05) is 14.2 Å². The van der Waals surface area contributed by atoms with Gasteiger partial charge in [0, 0.05) is 24.8 Å². The molecule has 0 aromatic heterocycles. The first-order chi connectivity index (χ1) is 6.60. The fourth-order valence-corrected chi connectivity index (χ4v) is 0.744. The molecule has 0 unspecified atom stereocenters. The van der Waals surface area contributed by atoms with E-state index in [9.17, 15) is 4.79 Å². The molecule has 0 aliphatic rings. The van der Waals surface area contributed by atoms with Crippen LogP contribution in [0.25, 0.3) is 0 Å². The Morgan fingerprint density at radius 1 is 1.43 bits per heavy atom. The van der Waals surface area contributed by atoms with Gasteiger partial charge in [-0.15, -0.1) is 0 Å². The zero-order valence-electron chi connectivity index (χ0n) is 8.66. The Morgan fingerprint density at radius 2 is 2.07 bits per heavy atom. The first kappa shape index (κ1) is 12.3. The van der Waals surface area contributed by atoms with Gasteiger partial charge in [0.25, 0.3) is 0 Å². The average Bonchev–Trinajstić information content (AvgIpc) is 2.10. The van der Waals surface area contributed by atoms with Crippen molar-refractivity contribution in [2.45, 2.75) is 6.92 Å². The largest absolute Gasteiger partial charge is 0.504 e. The van der Waals surface area contributed by atoms with Crippen molar-refractivity contribution in [3.63, 3.8) is 0 Å². The lowest BCUT2D eigenvalue weighted by Gasteiger charge is -2.03. The van der Waals surface area contributed by atoms with E-state index in [0.717, 1.165) is 0 Å². The van der Waals surface area contributed by atoms with Gasteiger partial charge < -0.3 is 14.8 Å². The molecule has 0 rings (SSSR count). The highest BCUT2D eigenvalue weighted by Gasteiger charge is 1.95. The predicted molar refractivity (Wildman–Crippen MR) is 54.2 cm³/mol. The molecule has 0 atom stereocenters. The molecule has 14 heavy (non-hydrogen) atoms. The maximum atomic E-state index is 10.7. The lowest BCUT2D eigenvalue weighted by Crippen LogP contribution is -2.17. The van der Waals surface area contributed by atoms with Crippen molar-refractivity contribution in [2.24, 2.45) is 0 Å². The molecule has 4 heteroatoms. The molecule has 78 valence electrons. The van der Waals surface area contributed by atoms with Gasteiger partial charge in [0.1, 0.15) is 5.76 Å². The number of rotatable bonds is 5. The van der Waals surface area contributed by atoms with Gasteiger partial charge in [0.15, 0.2) is 0 Å². The zero-order chi connectivity index (χ0) is 11.0. The van der Waals surface area contributed by atoms with Crippen molar-refractivity contribution >= 4 is 5.91 Å². The Morgan fingerprint density at radius 3 is 2.50 bits per heavy atom. The summed E-state index contributed by atoms with van der Waals surface area (Å²) in [6.45, 7) is 5.04. The molecule has 0 bridgehead atoms. The third kappa shape index (κ3) is 5.88. The van der Waals surface area contributed by atoms with Crippen LogP contribution in [-0.2, 0) is 14.3 Å². The van der Waals surface area contributed by atoms with Gasteiger partial charge in [0.2, 0.25) is 5.91 Å². The normalized spacial score (nSPS) is 11.2. The summed E-state index contributed by atoms with van der Waals surface area (Å²) in [6.07, 6.45) is 4.68. The monoisotopic (exact) mass is 197 g/mol. The number of carbonyl (C=O) groups is 1. The maximum Gasteiger partial charge on any atom is 0.221 e. The Hall–Kier alpha value is -1.71. The van der Waals surface area contributed by atoms with Crippen LogP contribution in [-0.4, -0.2) is 20.1 Å². The lowest BCUT2D eigenvalue weighted by atomic mass is 10.3. The molecule has 0 saturated carbocycles. The standard InChI is InChI=1S/C10H15NO3/c1-8(11-9(2)12)7-10(14-4)5-6-13-3/h5-7H,1H2,2-4H3,(H,11,12)/b6-5+,10-7+. The number of ether oxygens (including phenoxy) is 2. The number of allylic oxidation sites excluding steroid dienone is 2. The van der Waals surface area contributed by atoms with E-state index in [0.29, 0.717) is 11.5 Å². The summed E-state index contributed by atoms with van der Waals surface area (Å²) in [5, 5.41) is 2.52. The molecule has 0 heterocycles. The zero-order valence-corrected chi connectivity index (χ0v) is 8.66. The van der Waals surface area contributed by atoms with Crippen molar-refractivity contribution in [3.05, 3.63) is 36.4 Å². The third-order valence-corrected chi connectivity index (χ3v) is 1.26. The van der Waals surface area contributed by atoms with Crippen LogP contribution in [0.2, 0.25) is 0 Å². The van der Waals surface area contributed by atoms with Gasteiger partial charge in [-0.05, 0) is 0 Å². The van der Waals surface area contributed by atoms with E-state index in [1.165, 1.54) is 27.4 Å².